The molecule has 0 bridgehead atoms. The van der Waals surface area contributed by atoms with E-state index in [2.05, 4.69) is 51.3 Å². The summed E-state index contributed by atoms with van der Waals surface area (Å²) in [5.74, 6) is -0.973. The van der Waals surface area contributed by atoms with Gasteiger partial charge in [-0.25, -0.2) is 13.5 Å². The third-order valence-electron chi connectivity index (χ3n) is 6.03. The van der Waals surface area contributed by atoms with Crippen LogP contribution < -0.4 is 10.2 Å². The van der Waals surface area contributed by atoms with Crippen molar-refractivity contribution in [2.75, 3.05) is 50.1 Å². The fourth-order valence-electron chi connectivity index (χ4n) is 4.20. The molecule has 3 heterocycles. The first-order valence-corrected chi connectivity index (χ1v) is 10.2. The average Bonchev–Trinajstić information content (AvgIpc) is 3.14. The summed E-state index contributed by atoms with van der Waals surface area (Å²) in [4.78, 5) is 9.02. The van der Waals surface area contributed by atoms with E-state index in [1.54, 1.807) is 0 Å². The van der Waals surface area contributed by atoms with E-state index in [1.165, 1.54) is 23.1 Å². The van der Waals surface area contributed by atoms with Crippen molar-refractivity contribution in [3.63, 3.8) is 0 Å². The molecule has 2 fully saturated rings. The second kappa shape index (κ2) is 7.58. The molecule has 1 spiro atoms. The molecule has 0 atom stereocenters. The summed E-state index contributed by atoms with van der Waals surface area (Å²) in [5.41, 5.74) is 3.47. The number of aromatic nitrogens is 3. The molecule has 31 heavy (non-hydrogen) atoms. The number of hydrogen-bond acceptors (Lipinski definition) is 6. The van der Waals surface area contributed by atoms with Gasteiger partial charge in [-0.3, -0.25) is 4.90 Å². The predicted molar refractivity (Wildman–Crippen MR) is 114 cm³/mol. The molecule has 2 aliphatic rings. The fourth-order valence-corrected chi connectivity index (χ4v) is 4.20. The monoisotopic (exact) mass is 426 g/mol. The van der Waals surface area contributed by atoms with Gasteiger partial charge in [-0.1, -0.05) is 0 Å². The maximum Gasteiger partial charge on any atom is 0.246 e. The Bertz CT molecular complexity index is 1090. The molecule has 9 heteroatoms. The van der Waals surface area contributed by atoms with Crippen LogP contribution in [0.15, 0.2) is 42.7 Å². The van der Waals surface area contributed by atoms with Gasteiger partial charge in [-0.05, 0) is 49.9 Å². The van der Waals surface area contributed by atoms with Gasteiger partial charge < -0.3 is 15.0 Å². The van der Waals surface area contributed by atoms with Gasteiger partial charge in [0.2, 0.25) is 5.95 Å². The number of ether oxygens (including phenoxy) is 1. The first kappa shape index (κ1) is 19.9. The van der Waals surface area contributed by atoms with Crippen molar-refractivity contribution in [2.24, 2.45) is 0 Å². The van der Waals surface area contributed by atoms with Gasteiger partial charge >= 0.3 is 0 Å². The first-order chi connectivity index (χ1) is 14.9. The normalized spacial score (nSPS) is 18.3. The van der Waals surface area contributed by atoms with E-state index in [9.17, 15) is 8.78 Å². The predicted octanol–water partition coefficient (Wildman–Crippen LogP) is 3.12. The lowest BCUT2D eigenvalue weighted by Crippen LogP contribution is -2.70. The van der Waals surface area contributed by atoms with Crippen LogP contribution in [-0.2, 0) is 4.74 Å². The van der Waals surface area contributed by atoms with Crippen molar-refractivity contribution in [3.05, 3.63) is 59.9 Å². The summed E-state index contributed by atoms with van der Waals surface area (Å²) in [6.07, 6.45) is 1.42. The largest absolute Gasteiger partial charge is 0.377 e. The van der Waals surface area contributed by atoms with Crippen molar-refractivity contribution in [1.82, 2.24) is 19.7 Å². The van der Waals surface area contributed by atoms with Crippen molar-refractivity contribution in [2.45, 2.75) is 12.5 Å². The van der Waals surface area contributed by atoms with E-state index in [0.29, 0.717) is 5.95 Å². The Morgan fingerprint density at radius 2 is 1.77 bits per heavy atom. The van der Waals surface area contributed by atoms with Gasteiger partial charge in [-0.2, -0.15) is 4.98 Å². The van der Waals surface area contributed by atoms with Crippen molar-refractivity contribution in [1.29, 1.82) is 0 Å². The van der Waals surface area contributed by atoms with E-state index in [0.717, 1.165) is 55.9 Å². The molecule has 0 amide bonds. The standard InChI is InChI=1S/C22H24F2N6O/c1-15-5-18(10-19(6-15)29-4-3-28(2)22(11-29)12-31-13-22)26-21-25-14-30(27-21)20-8-16(23)7-17(24)9-20/h5-10,14H,3-4,11-13H2,1-2H3,(H,26,27). The fraction of sp³-hybridized carbons (Fsp3) is 0.364. The molecular weight excluding hydrogens is 402 g/mol. The van der Waals surface area contributed by atoms with Crippen LogP contribution in [0.5, 0.6) is 0 Å². The van der Waals surface area contributed by atoms with Gasteiger partial charge in [0.05, 0.1) is 24.4 Å². The lowest BCUT2D eigenvalue weighted by atomic mass is 9.92. The minimum absolute atomic E-state index is 0.0934. The van der Waals surface area contributed by atoms with Crippen LogP contribution in [0.1, 0.15) is 5.56 Å². The van der Waals surface area contributed by atoms with Gasteiger partial charge in [0, 0.05) is 37.1 Å². The number of piperazine rings is 1. The van der Waals surface area contributed by atoms with E-state index in [4.69, 9.17) is 4.74 Å². The zero-order chi connectivity index (χ0) is 21.6. The van der Waals surface area contributed by atoms with E-state index in [1.807, 2.05) is 6.07 Å². The van der Waals surface area contributed by atoms with Gasteiger partial charge in [0.15, 0.2) is 0 Å². The highest BCUT2D eigenvalue weighted by atomic mass is 19.1. The van der Waals surface area contributed by atoms with Crippen LogP contribution in [0.3, 0.4) is 0 Å². The van der Waals surface area contributed by atoms with Gasteiger partial charge in [0.25, 0.3) is 0 Å². The number of nitrogens with zero attached hydrogens (tertiary/aromatic N) is 5. The molecule has 0 radical (unpaired) electrons. The second-order valence-corrected chi connectivity index (χ2v) is 8.38. The smallest absolute Gasteiger partial charge is 0.246 e. The number of likely N-dealkylation sites (N-methyl/N-ethyl adjacent to an activating group) is 1. The molecule has 2 aliphatic heterocycles. The molecule has 3 aromatic rings. The number of anilines is 3. The number of nitrogens with one attached hydrogen (secondary N) is 1. The van der Waals surface area contributed by atoms with Gasteiger partial charge in [0.1, 0.15) is 18.0 Å². The SMILES string of the molecule is Cc1cc(Nc2ncn(-c3cc(F)cc(F)c3)n2)cc(N2CCN(C)C3(COC3)C2)c1. The summed E-state index contributed by atoms with van der Waals surface area (Å²) in [6, 6.07) is 9.51. The number of benzene rings is 2. The molecule has 0 aliphatic carbocycles. The second-order valence-electron chi connectivity index (χ2n) is 8.38. The molecule has 7 nitrogen and oxygen atoms in total. The van der Waals surface area contributed by atoms with E-state index < -0.39 is 11.6 Å². The average molecular weight is 426 g/mol. The summed E-state index contributed by atoms with van der Waals surface area (Å²) >= 11 is 0. The minimum Gasteiger partial charge on any atom is -0.377 e. The molecule has 1 N–H and O–H groups in total. The Balaban J connectivity index is 1.36. The Kier molecular flexibility index (Phi) is 4.86. The molecular formula is C22H24F2N6O. The van der Waals surface area contributed by atoms with E-state index in [-0.39, 0.29) is 11.2 Å². The maximum atomic E-state index is 13.5. The van der Waals surface area contributed by atoms with Crippen LogP contribution in [0, 0.1) is 18.6 Å². The molecule has 0 saturated carbocycles. The molecule has 162 valence electrons. The van der Waals surface area contributed by atoms with Crippen LogP contribution in [0.2, 0.25) is 0 Å². The van der Waals surface area contributed by atoms with E-state index >= 15 is 0 Å². The van der Waals surface area contributed by atoms with Crippen molar-refractivity contribution in [3.8, 4) is 5.69 Å². The highest BCUT2D eigenvalue weighted by molar-refractivity contribution is 5.64. The van der Waals surface area contributed by atoms with Gasteiger partial charge in [-0.15, -0.1) is 5.10 Å². The Morgan fingerprint density at radius 3 is 2.48 bits per heavy atom. The summed E-state index contributed by atoms with van der Waals surface area (Å²) in [6.45, 7) is 6.42. The number of rotatable bonds is 4. The zero-order valence-electron chi connectivity index (χ0n) is 17.5. The lowest BCUT2D eigenvalue weighted by Gasteiger charge is -2.54. The molecule has 2 saturated heterocycles. The van der Waals surface area contributed by atoms with Crippen molar-refractivity contribution < 1.29 is 13.5 Å². The Hall–Kier alpha value is -3.04. The number of halogens is 2. The quantitative estimate of drug-likeness (QED) is 0.692. The Labute approximate surface area is 179 Å². The molecule has 2 aromatic carbocycles. The van der Waals surface area contributed by atoms with Crippen LogP contribution in [-0.4, -0.2) is 65.1 Å². The number of hydrogen-bond donors (Lipinski definition) is 1. The molecule has 0 unspecified atom stereocenters. The topological polar surface area (TPSA) is 58.5 Å². The Morgan fingerprint density at radius 1 is 1.00 bits per heavy atom. The summed E-state index contributed by atoms with van der Waals surface area (Å²) < 4.78 is 33.9. The summed E-state index contributed by atoms with van der Waals surface area (Å²) in [7, 11) is 2.16. The van der Waals surface area contributed by atoms with Crippen molar-refractivity contribution >= 4 is 17.3 Å². The third kappa shape index (κ3) is 3.86. The molecule has 5 rings (SSSR count). The first-order valence-electron chi connectivity index (χ1n) is 10.2. The van der Waals surface area contributed by atoms with Crippen LogP contribution >= 0.6 is 0 Å². The maximum absolute atomic E-state index is 13.5. The third-order valence-corrected chi connectivity index (χ3v) is 6.03. The molecule has 1 aromatic heterocycles. The van der Waals surface area contributed by atoms with Crippen LogP contribution in [0.4, 0.5) is 26.1 Å². The zero-order valence-corrected chi connectivity index (χ0v) is 17.5. The number of aryl methyl sites for hydroxylation is 1. The lowest BCUT2D eigenvalue weighted by molar-refractivity contribution is -0.134. The highest BCUT2D eigenvalue weighted by Crippen LogP contribution is 2.32. The van der Waals surface area contributed by atoms with Crippen LogP contribution in [0.25, 0.3) is 5.69 Å². The summed E-state index contributed by atoms with van der Waals surface area (Å²) in [5, 5.41) is 7.52. The minimum atomic E-state index is -0.662. The highest BCUT2D eigenvalue weighted by Gasteiger charge is 2.46.